The Morgan fingerprint density at radius 2 is 2.07 bits per heavy atom. The van der Waals surface area contributed by atoms with Gasteiger partial charge in [0.15, 0.2) is 11.6 Å². The molecule has 0 unspecified atom stereocenters. The number of aromatic amines is 1. The molecule has 0 aliphatic carbocycles. The summed E-state index contributed by atoms with van der Waals surface area (Å²) in [5.74, 6) is 0.980. The lowest BCUT2D eigenvalue weighted by molar-refractivity contribution is 0.442. The van der Waals surface area contributed by atoms with Crippen LogP contribution in [0, 0.1) is 13.8 Å². The number of H-pyrrole nitrogens is 1. The minimum atomic E-state index is -3.19. The highest BCUT2D eigenvalue weighted by molar-refractivity contribution is 7.89. The Bertz CT molecular complexity index is 1240. The first-order valence-electron chi connectivity index (χ1n) is 9.56. The second-order valence-corrected chi connectivity index (χ2v) is 9.47. The van der Waals surface area contributed by atoms with E-state index in [-0.39, 0.29) is 8.61 Å². The predicted molar refractivity (Wildman–Crippen MR) is 119 cm³/mol. The van der Waals surface area contributed by atoms with Crippen molar-refractivity contribution in [1.82, 2.24) is 24.2 Å². The van der Waals surface area contributed by atoms with Crippen molar-refractivity contribution in [3.8, 4) is 11.5 Å². The Balaban J connectivity index is 0.00000171. The summed E-state index contributed by atoms with van der Waals surface area (Å²) in [6.07, 6.45) is 4.11. The van der Waals surface area contributed by atoms with E-state index in [9.17, 15) is 8.42 Å². The first kappa shape index (κ1) is 19.5. The molecule has 2 aromatic heterocycles. The van der Waals surface area contributed by atoms with Crippen LogP contribution in [0.1, 0.15) is 33.0 Å². The lowest BCUT2D eigenvalue weighted by atomic mass is 10.1. The summed E-state index contributed by atoms with van der Waals surface area (Å²) in [7, 11) is -3.19. The third kappa shape index (κ3) is 3.51. The van der Waals surface area contributed by atoms with Gasteiger partial charge < -0.3 is 10.7 Å². The quantitative estimate of drug-likeness (QED) is 0.674. The number of nitrogens with zero attached hydrogens (tertiary/aromatic N) is 4. The van der Waals surface area contributed by atoms with Gasteiger partial charge in [-0.25, -0.2) is 23.4 Å². The zero-order chi connectivity index (χ0) is 20.8. The van der Waals surface area contributed by atoms with Gasteiger partial charge in [0.1, 0.15) is 5.69 Å². The zero-order valence-electron chi connectivity index (χ0n) is 16.7. The van der Waals surface area contributed by atoms with Crippen molar-refractivity contribution in [3.05, 3.63) is 41.2 Å². The van der Waals surface area contributed by atoms with Crippen molar-refractivity contribution in [2.45, 2.75) is 27.2 Å². The Morgan fingerprint density at radius 1 is 1.28 bits per heavy atom. The third-order valence-corrected chi connectivity index (χ3v) is 7.31. The highest BCUT2D eigenvalue weighted by Crippen LogP contribution is 2.28. The zero-order valence-corrected chi connectivity index (χ0v) is 17.5. The van der Waals surface area contributed by atoms with E-state index in [2.05, 4.69) is 16.9 Å². The number of sulfonamides is 1. The van der Waals surface area contributed by atoms with Gasteiger partial charge in [-0.3, -0.25) is 0 Å². The number of aromatic nitrogens is 4. The van der Waals surface area contributed by atoms with E-state index in [0.717, 1.165) is 22.2 Å². The van der Waals surface area contributed by atoms with Crippen LogP contribution < -0.4 is 5.73 Å². The molecule has 0 saturated carbocycles. The third-order valence-electron chi connectivity index (χ3n) is 5.46. The van der Waals surface area contributed by atoms with Crippen LogP contribution in [-0.4, -0.2) is 51.5 Å². The number of imidazole rings is 1. The molecule has 0 radical (unpaired) electrons. The summed E-state index contributed by atoms with van der Waals surface area (Å²) in [6, 6.07) is 4.04. The van der Waals surface area contributed by atoms with Crippen molar-refractivity contribution >= 4 is 32.4 Å². The molecule has 0 fully saturated rings. The van der Waals surface area contributed by atoms with Gasteiger partial charge in [-0.2, -0.15) is 4.31 Å². The van der Waals surface area contributed by atoms with Crippen molar-refractivity contribution in [2.24, 2.45) is 0 Å². The maximum absolute atomic E-state index is 12.1. The van der Waals surface area contributed by atoms with Crippen LogP contribution in [0.2, 0.25) is 0 Å². The molecule has 3 aromatic rings. The lowest BCUT2D eigenvalue weighted by Crippen LogP contribution is -2.35. The fourth-order valence-corrected chi connectivity index (χ4v) is 4.51. The van der Waals surface area contributed by atoms with Gasteiger partial charge in [0, 0.05) is 15.9 Å². The number of rotatable bonds is 4. The molecule has 1 aliphatic heterocycles. The minimum Gasteiger partial charge on any atom is -0.382 e. The van der Waals surface area contributed by atoms with Crippen LogP contribution in [0.25, 0.3) is 28.1 Å². The molecule has 9 heteroatoms. The normalized spacial score (nSPS) is 15.6. The molecular weight excluding hydrogens is 388 g/mol. The number of nitrogens with two attached hydrogens (primary N) is 1. The summed E-state index contributed by atoms with van der Waals surface area (Å²) >= 11 is 0. The van der Waals surface area contributed by atoms with E-state index >= 15 is 0 Å². The van der Waals surface area contributed by atoms with Crippen LogP contribution in [-0.2, 0) is 10.0 Å². The number of anilines is 1. The summed E-state index contributed by atoms with van der Waals surface area (Å²) in [6.45, 7) is 6.53. The molecule has 8 nitrogen and oxygen atoms in total. The molecule has 0 saturated heterocycles. The average molecular weight is 417 g/mol. The molecule has 0 bridgehead atoms. The van der Waals surface area contributed by atoms with E-state index in [1.165, 1.54) is 9.87 Å². The first-order valence-corrected chi connectivity index (χ1v) is 11.2. The molecule has 1 aliphatic rings. The highest BCUT2D eigenvalue weighted by atomic mass is 32.2. The van der Waals surface area contributed by atoms with Gasteiger partial charge in [0.05, 0.1) is 28.7 Å². The summed E-state index contributed by atoms with van der Waals surface area (Å²) in [4.78, 5) is 17.0. The second-order valence-electron chi connectivity index (χ2n) is 7.22. The molecule has 0 amide bonds. The lowest BCUT2D eigenvalue weighted by Gasteiger charge is -2.25. The highest BCUT2D eigenvalue weighted by Gasteiger charge is 2.24. The predicted octanol–water partition coefficient (Wildman–Crippen LogP) is 3.15. The molecular formula is C20H28N6O2S. The number of hydrogen-bond acceptors (Lipinski definition) is 6. The fraction of sp³-hybridized carbons (Fsp3) is 0.350. The Morgan fingerprint density at radius 3 is 2.76 bits per heavy atom. The number of aryl methyl sites for hydroxylation is 2. The van der Waals surface area contributed by atoms with E-state index in [1.54, 1.807) is 13.1 Å². The number of fused-ring (bicyclic) bond motifs is 1. The molecule has 29 heavy (non-hydrogen) atoms. The van der Waals surface area contributed by atoms with Crippen LogP contribution in [0.3, 0.4) is 0 Å². The Hall–Kier alpha value is -2.78. The largest absolute Gasteiger partial charge is 0.382 e. The van der Waals surface area contributed by atoms with E-state index in [4.69, 9.17) is 15.7 Å². The van der Waals surface area contributed by atoms with Gasteiger partial charge in [0.25, 0.3) is 0 Å². The van der Waals surface area contributed by atoms with Gasteiger partial charge in [-0.05, 0) is 50.0 Å². The Kier molecular flexibility index (Phi) is 4.87. The van der Waals surface area contributed by atoms with Gasteiger partial charge in [0.2, 0.25) is 10.0 Å². The van der Waals surface area contributed by atoms with Gasteiger partial charge >= 0.3 is 0 Å². The Labute approximate surface area is 172 Å². The molecule has 156 valence electrons. The molecule has 3 N–H and O–H groups in total. The van der Waals surface area contributed by atoms with E-state index in [1.807, 2.05) is 25.1 Å². The van der Waals surface area contributed by atoms with Crippen molar-refractivity contribution in [2.75, 3.05) is 24.6 Å². The van der Waals surface area contributed by atoms with E-state index < -0.39 is 10.0 Å². The summed E-state index contributed by atoms with van der Waals surface area (Å²) in [5.41, 5.74) is 12.3. The van der Waals surface area contributed by atoms with Crippen molar-refractivity contribution in [1.29, 1.82) is 0 Å². The summed E-state index contributed by atoms with van der Waals surface area (Å²) < 4.78 is 25.6. The molecule has 3 heterocycles. The number of benzene rings is 1. The van der Waals surface area contributed by atoms with Crippen LogP contribution in [0.5, 0.6) is 0 Å². The van der Waals surface area contributed by atoms with Crippen LogP contribution in [0.15, 0.2) is 24.4 Å². The molecule has 0 atom stereocenters. The number of hydrogen-bond donors (Lipinski definition) is 2. The van der Waals surface area contributed by atoms with Crippen LogP contribution in [0.4, 0.5) is 5.82 Å². The number of nitrogen functional groups attached to an aromatic ring is 1. The molecule has 1 aromatic carbocycles. The number of nitrogens with one attached hydrogen (secondary N) is 1. The fourth-order valence-electron chi connectivity index (χ4n) is 3.47. The topological polar surface area (TPSA) is 118 Å². The SMILES string of the molecule is CCS(=O)(=O)N1CC=C(c2cnc(N)c(-c3nc4c(C)c(C)ccc4[nH]3)n2)CC1.[HH].[HH]. The smallest absolute Gasteiger partial charge is 0.214 e. The average Bonchev–Trinajstić information content (AvgIpc) is 3.16. The summed E-state index contributed by atoms with van der Waals surface area (Å²) in [5, 5.41) is 0. The second kappa shape index (κ2) is 7.23. The van der Waals surface area contributed by atoms with Crippen LogP contribution >= 0.6 is 0 Å². The van der Waals surface area contributed by atoms with Gasteiger partial charge in [-0.1, -0.05) is 12.1 Å². The van der Waals surface area contributed by atoms with Gasteiger partial charge in [-0.15, -0.1) is 0 Å². The monoisotopic (exact) mass is 416 g/mol. The van der Waals surface area contributed by atoms with E-state index in [0.29, 0.717) is 42.5 Å². The maximum Gasteiger partial charge on any atom is 0.214 e. The maximum atomic E-state index is 12.1. The minimum absolute atomic E-state index is 0. The van der Waals surface area contributed by atoms with Crippen molar-refractivity contribution in [3.63, 3.8) is 0 Å². The first-order chi connectivity index (χ1) is 13.8. The molecule has 0 spiro atoms. The van der Waals surface area contributed by atoms with Crippen molar-refractivity contribution < 1.29 is 11.3 Å². The standard InChI is InChI=1S/C20H24N6O2S.2H2/c1-4-29(27,28)26-9-7-14(8-10-26)16-11-22-19(21)18(23-16)20-24-15-6-5-12(2)13(3)17(15)25-20;;/h5-7,11H,4,8-10H2,1-3H3,(H2,21,22)(H,24,25);2*1H. The molecule has 4 rings (SSSR count).